The van der Waals surface area contributed by atoms with Crippen molar-refractivity contribution in [2.24, 2.45) is 0 Å². The first-order valence-corrected chi connectivity index (χ1v) is 3.24. The molecule has 1 rings (SSSR count). The van der Waals surface area contributed by atoms with Gasteiger partial charge in [0, 0.05) is 0 Å². The number of aliphatic hydroxyl groups excluding tert-OH is 1. The Hall–Kier alpha value is -1.77. The molecular weight excluding hydrogens is 156 g/mol. The molecule has 0 spiro atoms. The summed E-state index contributed by atoms with van der Waals surface area (Å²) in [5.74, 6) is -1.47. The fourth-order valence-corrected chi connectivity index (χ4v) is 0.760. The van der Waals surface area contributed by atoms with Gasteiger partial charge in [-0.25, -0.2) is 0 Å². The van der Waals surface area contributed by atoms with Crippen molar-refractivity contribution in [2.75, 3.05) is 0 Å². The van der Waals surface area contributed by atoms with Gasteiger partial charge in [-0.15, -0.1) is 0 Å². The number of phenolic OH excluding ortho intramolecular Hbond substituents is 1. The van der Waals surface area contributed by atoms with E-state index in [4.69, 9.17) is 10.2 Å². The summed E-state index contributed by atoms with van der Waals surface area (Å²) in [5, 5.41) is 17.9. The maximum absolute atomic E-state index is 11.0. The van der Waals surface area contributed by atoms with Gasteiger partial charge in [0.05, 0.1) is 5.56 Å². The van der Waals surface area contributed by atoms with Crippen LogP contribution in [0, 0.1) is 6.07 Å². The molecule has 3 nitrogen and oxygen atoms in total. The molecule has 0 atom stereocenters. The van der Waals surface area contributed by atoms with Gasteiger partial charge in [0.25, 0.3) is 0 Å². The lowest BCUT2D eigenvalue weighted by atomic mass is 10.1. The highest BCUT2D eigenvalue weighted by Gasteiger charge is 2.12. The molecule has 0 fully saturated rings. The van der Waals surface area contributed by atoms with Crippen LogP contribution in [0.15, 0.2) is 30.5 Å². The Bertz CT molecular complexity index is 328. The van der Waals surface area contributed by atoms with Crippen molar-refractivity contribution in [3.8, 4) is 5.75 Å². The fourth-order valence-electron chi connectivity index (χ4n) is 0.760. The van der Waals surface area contributed by atoms with E-state index < -0.39 is 11.5 Å². The van der Waals surface area contributed by atoms with Crippen LogP contribution >= 0.6 is 0 Å². The van der Waals surface area contributed by atoms with E-state index in [1.54, 1.807) is 0 Å². The van der Waals surface area contributed by atoms with E-state index in [0.717, 1.165) is 0 Å². The zero-order chi connectivity index (χ0) is 9.14. The number of aromatic hydroxyl groups is 1. The van der Waals surface area contributed by atoms with Crippen molar-refractivity contribution in [3.05, 3.63) is 42.2 Å². The van der Waals surface area contributed by atoms with Gasteiger partial charge in [-0.1, -0.05) is 12.6 Å². The molecule has 61 valence electrons. The Kier molecular flexibility index (Phi) is 2.14. The SMILES string of the molecule is C=C(O)C(=O)c1c[c]ccc1O. The number of rotatable bonds is 2. The molecule has 0 aliphatic heterocycles. The van der Waals surface area contributed by atoms with E-state index in [0.29, 0.717) is 0 Å². The Morgan fingerprint density at radius 2 is 2.25 bits per heavy atom. The van der Waals surface area contributed by atoms with Crippen LogP contribution in [0.3, 0.4) is 0 Å². The molecule has 0 aliphatic rings. The molecule has 3 heteroatoms. The van der Waals surface area contributed by atoms with Crippen LogP contribution in [0.4, 0.5) is 0 Å². The van der Waals surface area contributed by atoms with E-state index >= 15 is 0 Å². The maximum atomic E-state index is 11.0. The van der Waals surface area contributed by atoms with Gasteiger partial charge in [0.2, 0.25) is 5.78 Å². The molecular formula is C9H7O3. The Balaban J connectivity index is 3.11. The summed E-state index contributed by atoms with van der Waals surface area (Å²) in [5.41, 5.74) is 0.00463. The van der Waals surface area contributed by atoms with Crippen molar-refractivity contribution < 1.29 is 15.0 Å². The minimum absolute atomic E-state index is 0.00463. The average molecular weight is 163 g/mol. The molecule has 1 aromatic rings. The summed E-state index contributed by atoms with van der Waals surface area (Å²) in [6, 6.07) is 6.68. The van der Waals surface area contributed by atoms with Crippen LogP contribution < -0.4 is 0 Å². The minimum Gasteiger partial charge on any atom is -0.507 e. The van der Waals surface area contributed by atoms with Crippen LogP contribution in [0.25, 0.3) is 0 Å². The molecule has 0 saturated carbocycles. The molecule has 12 heavy (non-hydrogen) atoms. The molecule has 0 unspecified atom stereocenters. The van der Waals surface area contributed by atoms with Gasteiger partial charge in [-0.3, -0.25) is 4.79 Å². The number of benzene rings is 1. The van der Waals surface area contributed by atoms with Crippen LogP contribution in [0.2, 0.25) is 0 Å². The first-order chi connectivity index (χ1) is 5.63. The van der Waals surface area contributed by atoms with Gasteiger partial charge in [-0.2, -0.15) is 0 Å². The standard InChI is InChI=1S/C9H7O3/c1-6(10)9(12)7-4-2-3-5-8(7)11/h3-5,10-11H,1H2. The van der Waals surface area contributed by atoms with Crippen LogP contribution in [0.1, 0.15) is 10.4 Å². The van der Waals surface area contributed by atoms with E-state index in [9.17, 15) is 4.79 Å². The summed E-state index contributed by atoms with van der Waals surface area (Å²) in [7, 11) is 0. The number of hydrogen-bond donors (Lipinski definition) is 2. The normalized spacial score (nSPS) is 9.33. The second-order valence-corrected chi connectivity index (χ2v) is 2.22. The number of Topliss-reactive ketones (excluding diaryl/α,β-unsaturated/α-hetero) is 1. The molecule has 0 aromatic heterocycles. The smallest absolute Gasteiger partial charge is 0.230 e. The Labute approximate surface area is 69.6 Å². The van der Waals surface area contributed by atoms with Crippen molar-refractivity contribution in [2.45, 2.75) is 0 Å². The Morgan fingerprint density at radius 1 is 1.58 bits per heavy atom. The maximum Gasteiger partial charge on any atom is 0.230 e. The molecule has 1 radical (unpaired) electrons. The largest absolute Gasteiger partial charge is 0.507 e. The van der Waals surface area contributed by atoms with Crippen molar-refractivity contribution in [1.29, 1.82) is 0 Å². The van der Waals surface area contributed by atoms with Gasteiger partial charge < -0.3 is 10.2 Å². The lowest BCUT2D eigenvalue weighted by Gasteiger charge is -1.99. The second kappa shape index (κ2) is 3.09. The minimum atomic E-state index is -0.690. The van der Waals surface area contributed by atoms with E-state index in [1.165, 1.54) is 18.2 Å². The number of carbonyl (C=O) groups excluding carboxylic acids is 1. The number of hydrogen-bond acceptors (Lipinski definition) is 3. The first kappa shape index (κ1) is 8.33. The summed E-state index contributed by atoms with van der Waals surface area (Å²) in [4.78, 5) is 11.0. The molecule has 1 aromatic carbocycles. The monoisotopic (exact) mass is 163 g/mol. The molecule has 2 N–H and O–H groups in total. The third-order valence-corrected chi connectivity index (χ3v) is 1.35. The highest BCUT2D eigenvalue weighted by molar-refractivity contribution is 6.08. The fraction of sp³-hybridized carbons (Fsp3) is 0. The number of aliphatic hydroxyl groups is 1. The van der Waals surface area contributed by atoms with Crippen molar-refractivity contribution >= 4 is 5.78 Å². The molecule has 0 aliphatic carbocycles. The zero-order valence-corrected chi connectivity index (χ0v) is 6.24. The van der Waals surface area contributed by atoms with Gasteiger partial charge in [-0.05, 0) is 18.2 Å². The summed E-state index contributed by atoms with van der Waals surface area (Å²) in [6.07, 6.45) is 0. The third-order valence-electron chi connectivity index (χ3n) is 1.35. The van der Waals surface area contributed by atoms with E-state index in [-0.39, 0.29) is 11.3 Å². The van der Waals surface area contributed by atoms with Crippen molar-refractivity contribution in [3.63, 3.8) is 0 Å². The summed E-state index contributed by atoms with van der Waals surface area (Å²) < 4.78 is 0. The van der Waals surface area contributed by atoms with Gasteiger partial charge in [0.15, 0.2) is 5.76 Å². The molecule has 0 saturated heterocycles. The Morgan fingerprint density at radius 3 is 2.75 bits per heavy atom. The number of phenols is 1. The first-order valence-electron chi connectivity index (χ1n) is 3.24. The average Bonchev–Trinajstić information content (AvgIpc) is 2.04. The highest BCUT2D eigenvalue weighted by atomic mass is 16.3. The predicted octanol–water partition coefficient (Wildman–Crippen LogP) is 1.45. The van der Waals surface area contributed by atoms with Crippen LogP contribution in [-0.2, 0) is 0 Å². The van der Waals surface area contributed by atoms with E-state index in [1.807, 2.05) is 0 Å². The summed E-state index contributed by atoms with van der Waals surface area (Å²) in [6.45, 7) is 3.05. The van der Waals surface area contributed by atoms with Crippen molar-refractivity contribution in [1.82, 2.24) is 0 Å². The number of ketones is 1. The summed E-state index contributed by atoms with van der Waals surface area (Å²) >= 11 is 0. The third kappa shape index (κ3) is 1.45. The zero-order valence-electron chi connectivity index (χ0n) is 6.24. The highest BCUT2D eigenvalue weighted by Crippen LogP contribution is 2.17. The quantitative estimate of drug-likeness (QED) is 0.394. The second-order valence-electron chi connectivity index (χ2n) is 2.22. The molecule has 0 bridgehead atoms. The lowest BCUT2D eigenvalue weighted by molar-refractivity contribution is 0.0976. The van der Waals surface area contributed by atoms with Crippen LogP contribution in [0.5, 0.6) is 5.75 Å². The van der Waals surface area contributed by atoms with Gasteiger partial charge in [0.1, 0.15) is 5.75 Å². The predicted molar refractivity (Wildman–Crippen MR) is 43.0 cm³/mol. The van der Waals surface area contributed by atoms with Gasteiger partial charge >= 0.3 is 0 Å². The lowest BCUT2D eigenvalue weighted by Crippen LogP contribution is -2.01. The topological polar surface area (TPSA) is 57.5 Å². The number of carbonyl (C=O) groups is 1. The molecule has 0 amide bonds. The van der Waals surface area contributed by atoms with Crippen LogP contribution in [-0.4, -0.2) is 16.0 Å². The number of allylic oxidation sites excluding steroid dienone is 1. The van der Waals surface area contributed by atoms with E-state index in [2.05, 4.69) is 12.6 Å². The molecule has 0 heterocycles.